The van der Waals surface area contributed by atoms with Gasteiger partial charge in [0.15, 0.2) is 11.5 Å². The Kier molecular flexibility index (Phi) is 3.08. The smallest absolute Gasteiger partial charge is 0.251 e. The highest BCUT2D eigenvalue weighted by Gasteiger charge is 2.46. The number of carbonyl (C=O) groups is 1. The third-order valence-corrected chi connectivity index (χ3v) is 4.80. The fraction of sp³-hybridized carbons (Fsp3) is 0.316. The van der Waals surface area contributed by atoms with Crippen LogP contribution in [0, 0.1) is 13.8 Å². The summed E-state index contributed by atoms with van der Waals surface area (Å²) in [5, 5.41) is 3.20. The lowest BCUT2D eigenvalue weighted by atomic mass is 10.0. The molecule has 118 valence electrons. The monoisotopic (exact) mass is 309 g/mol. The molecule has 0 bridgehead atoms. The highest BCUT2D eigenvalue weighted by Crippen LogP contribution is 2.48. The summed E-state index contributed by atoms with van der Waals surface area (Å²) in [5.41, 5.74) is 3.85. The van der Waals surface area contributed by atoms with E-state index in [-0.39, 0.29) is 18.2 Å². The first-order chi connectivity index (χ1) is 11.1. The Morgan fingerprint density at radius 2 is 1.78 bits per heavy atom. The average Bonchev–Trinajstić information content (AvgIpc) is 3.17. The highest BCUT2D eigenvalue weighted by atomic mass is 16.7. The molecule has 1 aliphatic heterocycles. The first-order valence-corrected chi connectivity index (χ1v) is 7.87. The Balaban J connectivity index is 1.58. The largest absolute Gasteiger partial charge is 0.454 e. The molecule has 1 fully saturated rings. The van der Waals surface area contributed by atoms with E-state index in [1.807, 2.05) is 50.2 Å². The van der Waals surface area contributed by atoms with Crippen molar-refractivity contribution in [2.45, 2.75) is 32.2 Å². The molecule has 2 aromatic carbocycles. The molecular formula is C19H19NO3. The Hall–Kier alpha value is -2.49. The average molecular weight is 309 g/mol. The topological polar surface area (TPSA) is 47.6 Å². The van der Waals surface area contributed by atoms with Gasteiger partial charge in [0, 0.05) is 5.56 Å². The summed E-state index contributed by atoms with van der Waals surface area (Å²) in [4.78, 5) is 12.6. The molecule has 4 heteroatoms. The van der Waals surface area contributed by atoms with Gasteiger partial charge in [-0.1, -0.05) is 12.1 Å². The van der Waals surface area contributed by atoms with Crippen LogP contribution in [0.3, 0.4) is 0 Å². The number of nitrogens with one attached hydrogen (secondary N) is 1. The molecule has 0 spiro atoms. The zero-order valence-corrected chi connectivity index (χ0v) is 13.3. The molecule has 2 aromatic rings. The highest BCUT2D eigenvalue weighted by molar-refractivity contribution is 5.95. The quantitative estimate of drug-likeness (QED) is 0.944. The molecule has 0 saturated heterocycles. The van der Waals surface area contributed by atoms with Crippen molar-refractivity contribution >= 4 is 5.91 Å². The van der Waals surface area contributed by atoms with Crippen LogP contribution < -0.4 is 14.8 Å². The molecular weight excluding hydrogens is 290 g/mol. The SMILES string of the molecule is Cc1ccc(C(=O)NC2(c3ccc4c(c3)OCO4)CC2)cc1C. The summed E-state index contributed by atoms with van der Waals surface area (Å²) in [5.74, 6) is 1.50. The number of ether oxygens (including phenoxy) is 2. The molecule has 2 aliphatic rings. The predicted octanol–water partition coefficient (Wildman–Crippen LogP) is 3.45. The van der Waals surface area contributed by atoms with E-state index in [4.69, 9.17) is 9.47 Å². The maximum Gasteiger partial charge on any atom is 0.251 e. The molecule has 1 saturated carbocycles. The van der Waals surface area contributed by atoms with Gasteiger partial charge in [0.25, 0.3) is 5.91 Å². The second-order valence-electron chi connectivity index (χ2n) is 6.40. The molecule has 0 atom stereocenters. The first-order valence-electron chi connectivity index (χ1n) is 7.87. The van der Waals surface area contributed by atoms with Crippen molar-refractivity contribution < 1.29 is 14.3 Å². The van der Waals surface area contributed by atoms with E-state index in [9.17, 15) is 4.79 Å². The van der Waals surface area contributed by atoms with Crippen LogP contribution in [-0.4, -0.2) is 12.7 Å². The van der Waals surface area contributed by atoms with E-state index >= 15 is 0 Å². The van der Waals surface area contributed by atoms with E-state index in [2.05, 4.69) is 5.32 Å². The lowest BCUT2D eigenvalue weighted by molar-refractivity contribution is 0.0930. The molecule has 0 unspecified atom stereocenters. The maximum absolute atomic E-state index is 12.6. The van der Waals surface area contributed by atoms with Gasteiger partial charge in [0.1, 0.15) is 0 Å². The molecule has 23 heavy (non-hydrogen) atoms. The minimum Gasteiger partial charge on any atom is -0.454 e. The Labute approximate surface area is 135 Å². The standard InChI is InChI=1S/C19H19NO3/c1-12-3-4-14(9-13(12)2)18(21)20-19(7-8-19)15-5-6-16-17(10-15)23-11-22-16/h3-6,9-10H,7-8,11H2,1-2H3,(H,20,21). The van der Waals surface area contributed by atoms with Crippen LogP contribution in [0.15, 0.2) is 36.4 Å². The van der Waals surface area contributed by atoms with Crippen LogP contribution in [0.5, 0.6) is 11.5 Å². The van der Waals surface area contributed by atoms with Crippen molar-refractivity contribution in [3.63, 3.8) is 0 Å². The van der Waals surface area contributed by atoms with Gasteiger partial charge in [-0.15, -0.1) is 0 Å². The minimum atomic E-state index is -0.267. The van der Waals surface area contributed by atoms with Crippen molar-refractivity contribution in [2.24, 2.45) is 0 Å². The molecule has 0 radical (unpaired) electrons. The third kappa shape index (κ3) is 2.44. The van der Waals surface area contributed by atoms with Crippen LogP contribution in [0.1, 0.15) is 39.9 Å². The van der Waals surface area contributed by atoms with E-state index in [0.717, 1.165) is 35.5 Å². The number of hydrogen-bond acceptors (Lipinski definition) is 3. The molecule has 1 heterocycles. The first kappa shape index (κ1) is 14.1. The second-order valence-corrected chi connectivity index (χ2v) is 6.40. The zero-order valence-electron chi connectivity index (χ0n) is 13.3. The van der Waals surface area contributed by atoms with Gasteiger partial charge in [-0.2, -0.15) is 0 Å². The van der Waals surface area contributed by atoms with E-state index < -0.39 is 0 Å². The Bertz CT molecular complexity index is 793. The summed E-state index contributed by atoms with van der Waals surface area (Å²) in [6.07, 6.45) is 1.90. The lowest BCUT2D eigenvalue weighted by Crippen LogP contribution is -2.34. The Morgan fingerprint density at radius 1 is 1.00 bits per heavy atom. The molecule has 1 amide bonds. The van der Waals surface area contributed by atoms with Crippen LogP contribution in [0.2, 0.25) is 0 Å². The fourth-order valence-electron chi connectivity index (χ4n) is 2.98. The molecule has 4 nitrogen and oxygen atoms in total. The molecule has 4 rings (SSSR count). The van der Waals surface area contributed by atoms with E-state index in [0.29, 0.717) is 5.56 Å². The van der Waals surface area contributed by atoms with Crippen molar-refractivity contribution in [3.8, 4) is 11.5 Å². The molecule has 0 aromatic heterocycles. The van der Waals surface area contributed by atoms with Crippen molar-refractivity contribution in [3.05, 3.63) is 58.7 Å². The zero-order chi connectivity index (χ0) is 16.0. The number of hydrogen-bond donors (Lipinski definition) is 1. The van der Waals surface area contributed by atoms with Crippen molar-refractivity contribution in [1.29, 1.82) is 0 Å². The van der Waals surface area contributed by atoms with Crippen LogP contribution >= 0.6 is 0 Å². The van der Waals surface area contributed by atoms with Crippen molar-refractivity contribution in [2.75, 3.05) is 6.79 Å². The second kappa shape index (κ2) is 5.01. The van der Waals surface area contributed by atoms with Gasteiger partial charge in [-0.3, -0.25) is 4.79 Å². The number of benzene rings is 2. The van der Waals surface area contributed by atoms with Gasteiger partial charge < -0.3 is 14.8 Å². The molecule has 1 aliphatic carbocycles. The summed E-state index contributed by atoms with van der Waals surface area (Å²) >= 11 is 0. The third-order valence-electron chi connectivity index (χ3n) is 4.80. The van der Waals surface area contributed by atoms with Crippen LogP contribution in [-0.2, 0) is 5.54 Å². The number of carbonyl (C=O) groups excluding carboxylic acids is 1. The minimum absolute atomic E-state index is 0.0248. The summed E-state index contributed by atoms with van der Waals surface area (Å²) in [7, 11) is 0. The summed E-state index contributed by atoms with van der Waals surface area (Å²) in [6, 6.07) is 11.7. The van der Waals surface area contributed by atoms with Gasteiger partial charge in [-0.25, -0.2) is 0 Å². The fourth-order valence-corrected chi connectivity index (χ4v) is 2.98. The van der Waals surface area contributed by atoms with Gasteiger partial charge >= 0.3 is 0 Å². The van der Waals surface area contributed by atoms with Crippen LogP contribution in [0.4, 0.5) is 0 Å². The number of aryl methyl sites for hydroxylation is 2. The predicted molar refractivity (Wildman–Crippen MR) is 86.9 cm³/mol. The lowest BCUT2D eigenvalue weighted by Gasteiger charge is -2.19. The van der Waals surface area contributed by atoms with Gasteiger partial charge in [-0.05, 0) is 67.6 Å². The summed E-state index contributed by atoms with van der Waals surface area (Å²) < 4.78 is 10.8. The molecule has 1 N–H and O–H groups in total. The van der Waals surface area contributed by atoms with E-state index in [1.54, 1.807) is 0 Å². The van der Waals surface area contributed by atoms with Gasteiger partial charge in [0.05, 0.1) is 5.54 Å². The normalized spacial score (nSPS) is 17.0. The van der Waals surface area contributed by atoms with Crippen LogP contribution in [0.25, 0.3) is 0 Å². The Morgan fingerprint density at radius 3 is 2.52 bits per heavy atom. The van der Waals surface area contributed by atoms with E-state index in [1.165, 1.54) is 5.56 Å². The number of rotatable bonds is 3. The number of amides is 1. The van der Waals surface area contributed by atoms with Crippen molar-refractivity contribution in [1.82, 2.24) is 5.32 Å². The maximum atomic E-state index is 12.6. The summed E-state index contributed by atoms with van der Waals surface area (Å²) in [6.45, 7) is 4.34. The number of fused-ring (bicyclic) bond motifs is 1. The van der Waals surface area contributed by atoms with Gasteiger partial charge in [0.2, 0.25) is 6.79 Å².